The molecule has 0 spiro atoms. The molecule has 28 heavy (non-hydrogen) atoms. The first kappa shape index (κ1) is 19.3. The highest BCUT2D eigenvalue weighted by Gasteiger charge is 2.20. The Bertz CT molecular complexity index is 920. The predicted octanol–water partition coefficient (Wildman–Crippen LogP) is 3.19. The van der Waals surface area contributed by atoms with Crippen LogP contribution in [0.25, 0.3) is 0 Å². The third-order valence-electron chi connectivity index (χ3n) is 4.48. The van der Waals surface area contributed by atoms with E-state index in [0.29, 0.717) is 0 Å². The number of hydrogen-bond acceptors (Lipinski definition) is 3. The second kappa shape index (κ2) is 8.92. The molecule has 6 nitrogen and oxygen atoms in total. The average molecular weight is 376 g/mol. The number of quaternary nitrogens is 1. The van der Waals surface area contributed by atoms with Crippen LogP contribution in [0.3, 0.4) is 0 Å². The van der Waals surface area contributed by atoms with Gasteiger partial charge in [-0.1, -0.05) is 66.7 Å². The molecule has 0 saturated carbocycles. The number of nitrogens with one attached hydrogen (secondary N) is 1. The van der Waals surface area contributed by atoms with Crippen LogP contribution >= 0.6 is 0 Å². The Kier molecular flexibility index (Phi) is 6.14. The number of rotatable bonds is 7. The molecular formula is C22H22N3O3+. The van der Waals surface area contributed by atoms with Crippen LogP contribution in [0.4, 0.5) is 11.4 Å². The second-order valence-corrected chi connectivity index (χ2v) is 6.56. The van der Waals surface area contributed by atoms with Gasteiger partial charge in [-0.2, -0.15) is 0 Å². The van der Waals surface area contributed by atoms with Crippen LogP contribution in [0.2, 0.25) is 0 Å². The lowest BCUT2D eigenvalue weighted by Gasteiger charge is -2.16. The van der Waals surface area contributed by atoms with Crippen LogP contribution in [0.5, 0.6) is 0 Å². The van der Waals surface area contributed by atoms with Gasteiger partial charge in [-0.3, -0.25) is 14.9 Å². The van der Waals surface area contributed by atoms with Crippen LogP contribution < -0.4 is 10.6 Å². The van der Waals surface area contributed by atoms with Crippen molar-refractivity contribution in [2.75, 3.05) is 11.9 Å². The zero-order valence-corrected chi connectivity index (χ0v) is 15.5. The van der Waals surface area contributed by atoms with Crippen LogP contribution in [-0.2, 0) is 4.79 Å². The number of nitro benzene ring substituents is 1. The van der Waals surface area contributed by atoms with Gasteiger partial charge in [0.1, 0.15) is 11.7 Å². The van der Waals surface area contributed by atoms with Gasteiger partial charge in [0, 0.05) is 17.2 Å². The van der Waals surface area contributed by atoms with Crippen LogP contribution in [0, 0.1) is 17.0 Å². The van der Waals surface area contributed by atoms with Crippen molar-refractivity contribution in [3.8, 4) is 0 Å². The summed E-state index contributed by atoms with van der Waals surface area (Å²) in [4.78, 5) is 23.2. The summed E-state index contributed by atoms with van der Waals surface area (Å²) in [7, 11) is 0. The molecule has 3 rings (SSSR count). The fraction of sp³-hybridized carbons (Fsp3) is 0.136. The highest BCUT2D eigenvalue weighted by Crippen LogP contribution is 2.25. The van der Waals surface area contributed by atoms with Gasteiger partial charge in [-0.05, 0) is 18.6 Å². The number of aryl methyl sites for hydroxylation is 1. The fourth-order valence-electron chi connectivity index (χ4n) is 3.11. The molecule has 0 radical (unpaired) electrons. The Morgan fingerprint density at radius 2 is 1.57 bits per heavy atom. The van der Waals surface area contributed by atoms with Gasteiger partial charge in [0.2, 0.25) is 0 Å². The zero-order chi connectivity index (χ0) is 19.9. The normalized spacial score (nSPS) is 10.6. The van der Waals surface area contributed by atoms with Crippen molar-refractivity contribution in [1.82, 2.24) is 0 Å². The SMILES string of the molecule is Cc1ccc(NC(=O)C[NH2+]C(c2ccccc2)c2ccccc2)c([N+](=O)[O-])c1. The topological polar surface area (TPSA) is 88.8 Å². The lowest BCUT2D eigenvalue weighted by molar-refractivity contribution is -0.676. The molecule has 142 valence electrons. The second-order valence-electron chi connectivity index (χ2n) is 6.56. The van der Waals surface area contributed by atoms with Crippen LogP contribution in [0.15, 0.2) is 78.9 Å². The standard InChI is InChI=1S/C22H21N3O3/c1-16-12-13-19(20(14-16)25(27)28)24-21(26)15-23-22(17-8-4-2-5-9-17)18-10-6-3-7-11-18/h2-14,22-23H,15H2,1H3,(H,24,26)/p+1. The van der Waals surface area contributed by atoms with Crippen molar-refractivity contribution in [2.45, 2.75) is 13.0 Å². The molecule has 6 heteroatoms. The number of nitrogens with two attached hydrogens (primary N) is 1. The number of amides is 1. The van der Waals surface area contributed by atoms with Gasteiger partial charge >= 0.3 is 0 Å². The van der Waals surface area contributed by atoms with E-state index in [2.05, 4.69) is 5.32 Å². The van der Waals surface area contributed by atoms with Gasteiger partial charge in [0.25, 0.3) is 11.6 Å². The van der Waals surface area contributed by atoms with E-state index in [1.165, 1.54) is 6.07 Å². The summed E-state index contributed by atoms with van der Waals surface area (Å²) < 4.78 is 0. The monoisotopic (exact) mass is 376 g/mol. The van der Waals surface area contributed by atoms with E-state index in [0.717, 1.165) is 16.7 Å². The Balaban J connectivity index is 1.74. The Labute approximate surface area is 163 Å². The summed E-state index contributed by atoms with van der Waals surface area (Å²) in [6.45, 7) is 1.91. The van der Waals surface area contributed by atoms with E-state index in [4.69, 9.17) is 0 Å². The van der Waals surface area contributed by atoms with Gasteiger partial charge in [-0.25, -0.2) is 0 Å². The molecule has 0 aliphatic rings. The number of anilines is 1. The van der Waals surface area contributed by atoms with Gasteiger partial charge in [-0.15, -0.1) is 0 Å². The van der Waals surface area contributed by atoms with E-state index in [9.17, 15) is 14.9 Å². The quantitative estimate of drug-likeness (QED) is 0.490. The summed E-state index contributed by atoms with van der Waals surface area (Å²) in [5, 5.41) is 15.8. The molecule has 0 fully saturated rings. The molecule has 3 N–H and O–H groups in total. The number of nitrogens with zero attached hydrogens (tertiary/aromatic N) is 1. The third-order valence-corrected chi connectivity index (χ3v) is 4.48. The highest BCUT2D eigenvalue weighted by atomic mass is 16.6. The maximum Gasteiger partial charge on any atom is 0.293 e. The minimum Gasteiger partial charge on any atom is -0.328 e. The van der Waals surface area contributed by atoms with Crippen molar-refractivity contribution in [3.63, 3.8) is 0 Å². The number of hydrogen-bond donors (Lipinski definition) is 2. The molecular weight excluding hydrogens is 354 g/mol. The highest BCUT2D eigenvalue weighted by molar-refractivity contribution is 5.93. The predicted molar refractivity (Wildman–Crippen MR) is 108 cm³/mol. The maximum atomic E-state index is 12.5. The summed E-state index contributed by atoms with van der Waals surface area (Å²) in [6.07, 6.45) is 0. The Morgan fingerprint density at radius 3 is 2.11 bits per heavy atom. The summed E-state index contributed by atoms with van der Waals surface area (Å²) in [5.74, 6) is -0.288. The Hall–Kier alpha value is -3.51. The molecule has 0 unspecified atom stereocenters. The van der Waals surface area contributed by atoms with Gasteiger partial charge in [0.15, 0.2) is 6.54 Å². The van der Waals surface area contributed by atoms with Crippen molar-refractivity contribution < 1.29 is 15.0 Å². The molecule has 0 aliphatic heterocycles. The molecule has 0 aromatic heterocycles. The molecule has 1 amide bonds. The zero-order valence-electron chi connectivity index (χ0n) is 15.5. The van der Waals surface area contributed by atoms with Crippen molar-refractivity contribution >= 4 is 17.3 Å². The number of carbonyl (C=O) groups is 1. The van der Waals surface area contributed by atoms with E-state index < -0.39 is 4.92 Å². The molecule has 3 aromatic carbocycles. The maximum absolute atomic E-state index is 12.5. The molecule has 0 heterocycles. The van der Waals surface area contributed by atoms with Crippen molar-refractivity contribution in [2.24, 2.45) is 0 Å². The third kappa shape index (κ3) is 4.81. The van der Waals surface area contributed by atoms with Gasteiger partial charge in [0.05, 0.1) is 4.92 Å². The minimum absolute atomic E-state index is 0.0406. The first-order valence-corrected chi connectivity index (χ1v) is 9.02. The first-order valence-electron chi connectivity index (χ1n) is 9.02. The van der Waals surface area contributed by atoms with E-state index in [1.54, 1.807) is 19.1 Å². The number of carbonyl (C=O) groups excluding carboxylic acids is 1. The van der Waals surface area contributed by atoms with Crippen molar-refractivity contribution in [1.29, 1.82) is 0 Å². The van der Waals surface area contributed by atoms with E-state index in [1.807, 2.05) is 66.0 Å². The summed E-state index contributed by atoms with van der Waals surface area (Å²) in [6, 6.07) is 24.6. The lowest BCUT2D eigenvalue weighted by atomic mass is 9.99. The largest absolute Gasteiger partial charge is 0.328 e. The lowest BCUT2D eigenvalue weighted by Crippen LogP contribution is -2.87. The molecule has 0 bridgehead atoms. The van der Waals surface area contributed by atoms with E-state index in [-0.39, 0.29) is 29.9 Å². The molecule has 3 aromatic rings. The smallest absolute Gasteiger partial charge is 0.293 e. The molecule has 0 aliphatic carbocycles. The molecule has 0 atom stereocenters. The number of nitro groups is 1. The molecule has 0 saturated heterocycles. The summed E-state index contributed by atoms with van der Waals surface area (Å²) >= 11 is 0. The van der Waals surface area contributed by atoms with Crippen molar-refractivity contribution in [3.05, 3.63) is 106 Å². The first-order chi connectivity index (χ1) is 13.5. The van der Waals surface area contributed by atoms with E-state index >= 15 is 0 Å². The summed E-state index contributed by atoms with van der Waals surface area (Å²) in [5.41, 5.74) is 3.05. The number of benzene rings is 3. The minimum atomic E-state index is -0.483. The fourth-order valence-corrected chi connectivity index (χ4v) is 3.11. The van der Waals surface area contributed by atoms with Crippen LogP contribution in [0.1, 0.15) is 22.7 Å². The van der Waals surface area contributed by atoms with Crippen LogP contribution in [-0.4, -0.2) is 17.4 Å². The van der Waals surface area contributed by atoms with Gasteiger partial charge < -0.3 is 10.6 Å². The average Bonchev–Trinajstić information content (AvgIpc) is 2.71. The Morgan fingerprint density at radius 1 is 1.00 bits per heavy atom.